The minimum absolute atomic E-state index is 0.283. The molecule has 4 nitrogen and oxygen atoms in total. The van der Waals surface area contributed by atoms with Gasteiger partial charge in [0.05, 0.1) is 19.6 Å². The van der Waals surface area contributed by atoms with Crippen molar-refractivity contribution in [1.82, 2.24) is 10.2 Å². The first-order chi connectivity index (χ1) is 9.78. The van der Waals surface area contributed by atoms with Crippen LogP contribution in [0.4, 0.5) is 13.2 Å². The minimum atomic E-state index is -4.31. The van der Waals surface area contributed by atoms with E-state index in [9.17, 15) is 18.0 Å². The van der Waals surface area contributed by atoms with Crippen LogP contribution in [0.1, 0.15) is 5.56 Å². The van der Waals surface area contributed by atoms with Gasteiger partial charge in [-0.25, -0.2) is 0 Å². The zero-order valence-electron chi connectivity index (χ0n) is 12.0. The number of nitrogens with one attached hydrogen (secondary N) is 1. The highest BCUT2D eigenvalue weighted by molar-refractivity contribution is 5.77. The average Bonchev–Trinajstić information content (AvgIpc) is 2.37. The number of halogens is 3. The number of nitrogens with zero attached hydrogens (tertiary/aromatic N) is 1. The Balaban J connectivity index is 2.23. The van der Waals surface area contributed by atoms with Crippen LogP contribution in [0.15, 0.2) is 24.3 Å². The predicted octanol–water partition coefficient (Wildman–Crippen LogP) is 1.98. The average molecular weight is 304 g/mol. The zero-order chi connectivity index (χ0) is 15.9. The Bertz CT molecular complexity index is 464. The fourth-order valence-corrected chi connectivity index (χ4v) is 1.58. The molecule has 0 unspecified atom stereocenters. The van der Waals surface area contributed by atoms with E-state index >= 15 is 0 Å². The normalized spacial score (nSPS) is 11.3. The number of ether oxygens (including phenoxy) is 1. The molecule has 0 aliphatic heterocycles. The first kappa shape index (κ1) is 17.3. The fourth-order valence-electron chi connectivity index (χ4n) is 1.58. The molecule has 0 aliphatic rings. The van der Waals surface area contributed by atoms with E-state index in [1.54, 1.807) is 6.07 Å². The Labute approximate surface area is 121 Å². The maximum Gasteiger partial charge on any atom is 0.401 e. The summed E-state index contributed by atoms with van der Waals surface area (Å²) in [7, 11) is 1.53. The second kappa shape index (κ2) is 7.87. The third-order valence-electron chi connectivity index (χ3n) is 2.71. The number of carbonyl (C=O) groups excluding carboxylic acids is 1. The molecule has 1 aromatic carbocycles. The summed E-state index contributed by atoms with van der Waals surface area (Å²) in [4.78, 5) is 12.9. The van der Waals surface area contributed by atoms with Crippen LogP contribution in [0.3, 0.4) is 0 Å². The van der Waals surface area contributed by atoms with E-state index in [2.05, 4.69) is 5.32 Å². The summed E-state index contributed by atoms with van der Waals surface area (Å²) in [6.45, 7) is 1.01. The lowest BCUT2D eigenvalue weighted by atomic mass is 10.2. The number of carbonyl (C=O) groups is 1. The molecule has 0 atom stereocenters. The maximum absolute atomic E-state index is 11.9. The van der Waals surface area contributed by atoms with Gasteiger partial charge in [-0.15, -0.1) is 0 Å². The molecule has 1 aromatic rings. The van der Waals surface area contributed by atoms with Gasteiger partial charge in [0.25, 0.3) is 0 Å². The molecule has 0 spiro atoms. The largest absolute Gasteiger partial charge is 0.492 e. The highest BCUT2D eigenvalue weighted by Crippen LogP contribution is 2.12. The first-order valence-electron chi connectivity index (χ1n) is 6.49. The van der Waals surface area contributed by atoms with Gasteiger partial charge in [-0.3, -0.25) is 4.79 Å². The molecule has 1 N–H and O–H groups in total. The molecule has 0 saturated heterocycles. The summed E-state index contributed by atoms with van der Waals surface area (Å²) >= 11 is 0. The molecule has 0 aliphatic carbocycles. The zero-order valence-corrected chi connectivity index (χ0v) is 12.0. The summed E-state index contributed by atoms with van der Waals surface area (Å²) in [5.74, 6) is 0.290. The van der Waals surface area contributed by atoms with E-state index in [-0.39, 0.29) is 13.2 Å². The van der Waals surface area contributed by atoms with Gasteiger partial charge in [0.2, 0.25) is 5.91 Å². The highest BCUT2D eigenvalue weighted by atomic mass is 19.4. The van der Waals surface area contributed by atoms with E-state index in [0.717, 1.165) is 5.56 Å². The van der Waals surface area contributed by atoms with Crippen LogP contribution >= 0.6 is 0 Å². The summed E-state index contributed by atoms with van der Waals surface area (Å²) in [5.41, 5.74) is 1.06. The number of aryl methyl sites for hydroxylation is 1. The molecule has 0 radical (unpaired) electrons. The molecule has 118 valence electrons. The summed E-state index contributed by atoms with van der Waals surface area (Å²) < 4.78 is 41.2. The standard InChI is InChI=1S/C14H19F3N2O2/c1-11-4-3-5-12(8-11)21-7-6-19(2)13(20)9-18-10-14(15,16)17/h3-5,8,18H,6-7,9-10H2,1-2H3. The second-order valence-electron chi connectivity index (χ2n) is 4.70. The van der Waals surface area contributed by atoms with Crippen molar-refractivity contribution in [3.8, 4) is 5.75 Å². The van der Waals surface area contributed by atoms with Gasteiger partial charge in [0.1, 0.15) is 12.4 Å². The molecule has 1 amide bonds. The number of amides is 1. The highest BCUT2D eigenvalue weighted by Gasteiger charge is 2.26. The van der Waals surface area contributed by atoms with Crippen molar-refractivity contribution in [2.45, 2.75) is 13.1 Å². The van der Waals surface area contributed by atoms with E-state index in [1.165, 1.54) is 11.9 Å². The van der Waals surface area contributed by atoms with E-state index in [1.807, 2.05) is 25.1 Å². The van der Waals surface area contributed by atoms with Crippen molar-refractivity contribution < 1.29 is 22.7 Å². The molecular weight excluding hydrogens is 285 g/mol. The number of benzene rings is 1. The smallest absolute Gasteiger partial charge is 0.401 e. The van der Waals surface area contributed by atoms with Gasteiger partial charge in [-0.1, -0.05) is 12.1 Å². The predicted molar refractivity (Wildman–Crippen MR) is 73.2 cm³/mol. The monoisotopic (exact) mass is 304 g/mol. The molecule has 21 heavy (non-hydrogen) atoms. The van der Waals surface area contributed by atoms with Crippen molar-refractivity contribution in [2.24, 2.45) is 0 Å². The Morgan fingerprint density at radius 3 is 2.71 bits per heavy atom. The lowest BCUT2D eigenvalue weighted by Gasteiger charge is -2.18. The van der Waals surface area contributed by atoms with E-state index in [0.29, 0.717) is 12.3 Å². The van der Waals surface area contributed by atoms with E-state index in [4.69, 9.17) is 4.74 Å². The van der Waals surface area contributed by atoms with Crippen LogP contribution in [0.2, 0.25) is 0 Å². The van der Waals surface area contributed by atoms with Crippen molar-refractivity contribution in [3.63, 3.8) is 0 Å². The second-order valence-corrected chi connectivity index (χ2v) is 4.70. The topological polar surface area (TPSA) is 41.6 Å². The molecule has 0 heterocycles. The number of hydrogen-bond acceptors (Lipinski definition) is 3. The van der Waals surface area contributed by atoms with Gasteiger partial charge < -0.3 is 15.0 Å². The number of hydrogen-bond donors (Lipinski definition) is 1. The lowest BCUT2D eigenvalue weighted by molar-refractivity contribution is -0.133. The number of alkyl halides is 3. The van der Waals surface area contributed by atoms with Gasteiger partial charge in [0, 0.05) is 7.05 Å². The van der Waals surface area contributed by atoms with Crippen molar-refractivity contribution in [2.75, 3.05) is 33.3 Å². The number of likely N-dealkylation sites (N-methyl/N-ethyl adjacent to an activating group) is 1. The molecule has 0 saturated carbocycles. The van der Waals surface area contributed by atoms with Crippen molar-refractivity contribution in [1.29, 1.82) is 0 Å². The Hall–Kier alpha value is -1.76. The molecule has 0 bridgehead atoms. The van der Waals surface area contributed by atoms with Gasteiger partial charge in [-0.2, -0.15) is 13.2 Å². The minimum Gasteiger partial charge on any atom is -0.492 e. The molecule has 0 aromatic heterocycles. The van der Waals surface area contributed by atoms with Gasteiger partial charge in [0.15, 0.2) is 0 Å². The van der Waals surface area contributed by atoms with Crippen molar-refractivity contribution >= 4 is 5.91 Å². The van der Waals surface area contributed by atoms with Crippen LogP contribution in [0.5, 0.6) is 5.75 Å². The van der Waals surface area contributed by atoms with Crippen molar-refractivity contribution in [3.05, 3.63) is 29.8 Å². The van der Waals surface area contributed by atoms with Crippen LogP contribution in [0.25, 0.3) is 0 Å². The lowest BCUT2D eigenvalue weighted by Crippen LogP contribution is -2.40. The molecule has 0 fully saturated rings. The van der Waals surface area contributed by atoms with Crippen LogP contribution < -0.4 is 10.1 Å². The Morgan fingerprint density at radius 2 is 2.10 bits per heavy atom. The third-order valence-corrected chi connectivity index (χ3v) is 2.71. The number of rotatable bonds is 7. The molecular formula is C14H19F3N2O2. The first-order valence-corrected chi connectivity index (χ1v) is 6.49. The fraction of sp³-hybridized carbons (Fsp3) is 0.500. The SMILES string of the molecule is Cc1cccc(OCCN(C)C(=O)CNCC(F)(F)F)c1. The van der Waals surface area contributed by atoms with Crippen LogP contribution in [0, 0.1) is 6.92 Å². The Morgan fingerprint density at radius 1 is 1.38 bits per heavy atom. The summed E-state index contributed by atoms with van der Waals surface area (Å²) in [5, 5.41) is 2.06. The van der Waals surface area contributed by atoms with E-state index < -0.39 is 18.6 Å². The maximum atomic E-state index is 11.9. The Kier molecular flexibility index (Phi) is 6.48. The summed E-state index contributed by atoms with van der Waals surface area (Å²) in [6.07, 6.45) is -4.31. The van der Waals surface area contributed by atoms with Crippen LogP contribution in [-0.4, -0.2) is 50.3 Å². The quantitative estimate of drug-likeness (QED) is 0.837. The van der Waals surface area contributed by atoms with Gasteiger partial charge >= 0.3 is 6.18 Å². The molecule has 1 rings (SSSR count). The third kappa shape index (κ3) is 7.55. The van der Waals surface area contributed by atoms with Crippen LogP contribution in [-0.2, 0) is 4.79 Å². The molecule has 7 heteroatoms. The summed E-state index contributed by atoms with van der Waals surface area (Å²) in [6, 6.07) is 7.47. The van der Waals surface area contributed by atoms with Gasteiger partial charge in [-0.05, 0) is 24.6 Å².